The van der Waals surface area contributed by atoms with Crippen LogP contribution in [0, 0.1) is 0 Å². The first-order chi connectivity index (χ1) is 16.2. The summed E-state index contributed by atoms with van der Waals surface area (Å²) in [5, 5.41) is 17.5. The van der Waals surface area contributed by atoms with Gasteiger partial charge in [0.1, 0.15) is 5.82 Å². The number of nitrogens with zero attached hydrogens (tertiary/aromatic N) is 5. The first-order valence-corrected chi connectivity index (χ1v) is 12.3. The molecule has 2 aromatic heterocycles. The average molecular weight is 479 g/mol. The van der Waals surface area contributed by atoms with Crippen molar-refractivity contribution in [3.63, 3.8) is 0 Å². The molecule has 4 aromatic rings. The summed E-state index contributed by atoms with van der Waals surface area (Å²) >= 11 is 7.41. The van der Waals surface area contributed by atoms with Crippen LogP contribution >= 0.6 is 23.4 Å². The quantitative estimate of drug-likeness (QED) is 0.348. The number of aromatic nitrogens is 5. The topological polar surface area (TPSA) is 77.6 Å². The first kappa shape index (κ1) is 21.7. The summed E-state index contributed by atoms with van der Waals surface area (Å²) in [4.78, 5) is 12.8. The lowest BCUT2D eigenvalue weighted by Gasteiger charge is -2.14. The summed E-state index contributed by atoms with van der Waals surface area (Å²) < 4.78 is 3.91. The fourth-order valence-electron chi connectivity index (χ4n) is 4.12. The van der Waals surface area contributed by atoms with Crippen molar-refractivity contribution in [2.75, 3.05) is 11.1 Å². The largest absolute Gasteiger partial charge is 0.310 e. The molecular weight excluding hydrogens is 456 g/mol. The molecule has 2 aromatic carbocycles. The lowest BCUT2D eigenvalue weighted by atomic mass is 10.2. The highest BCUT2D eigenvalue weighted by Crippen LogP contribution is 2.32. The Hall–Kier alpha value is -3.10. The van der Waals surface area contributed by atoms with Crippen molar-refractivity contribution in [2.45, 2.75) is 36.9 Å². The Morgan fingerprint density at radius 1 is 1.03 bits per heavy atom. The van der Waals surface area contributed by atoms with Gasteiger partial charge in [0.15, 0.2) is 11.0 Å². The molecule has 1 fully saturated rings. The van der Waals surface area contributed by atoms with Crippen LogP contribution in [0.4, 0.5) is 5.82 Å². The van der Waals surface area contributed by atoms with Crippen molar-refractivity contribution >= 4 is 35.1 Å². The highest BCUT2D eigenvalue weighted by Gasteiger charge is 2.21. The number of carbonyl (C=O) groups excluding carboxylic acids is 1. The van der Waals surface area contributed by atoms with Gasteiger partial charge in [-0.2, -0.15) is 5.10 Å². The normalized spacial score (nSPS) is 14.0. The Morgan fingerprint density at radius 3 is 2.55 bits per heavy atom. The third-order valence-electron chi connectivity index (χ3n) is 5.69. The van der Waals surface area contributed by atoms with E-state index in [4.69, 9.17) is 11.6 Å². The molecule has 0 bridgehead atoms. The van der Waals surface area contributed by atoms with E-state index in [1.54, 1.807) is 6.20 Å². The highest BCUT2D eigenvalue weighted by molar-refractivity contribution is 7.99. The minimum atomic E-state index is -0.101. The van der Waals surface area contributed by atoms with Crippen LogP contribution in [0.5, 0.6) is 0 Å². The van der Waals surface area contributed by atoms with Crippen LogP contribution in [0.3, 0.4) is 0 Å². The SMILES string of the molecule is O=C(CSc1nnc(-c2ccc(Cl)cc2)n1-c1ccccc1)Nc1ccnn1C1CCCC1. The molecule has 5 rings (SSSR count). The predicted octanol–water partition coefficient (Wildman–Crippen LogP) is 5.63. The fourth-order valence-corrected chi connectivity index (χ4v) is 5.00. The van der Waals surface area contributed by atoms with Crippen LogP contribution in [-0.4, -0.2) is 36.2 Å². The van der Waals surface area contributed by atoms with Gasteiger partial charge in [-0.1, -0.05) is 54.4 Å². The molecule has 1 aliphatic rings. The molecule has 0 aliphatic heterocycles. The van der Waals surface area contributed by atoms with Crippen LogP contribution < -0.4 is 5.32 Å². The molecule has 33 heavy (non-hydrogen) atoms. The number of anilines is 1. The average Bonchev–Trinajstić information content (AvgIpc) is 3.59. The van der Waals surface area contributed by atoms with E-state index in [2.05, 4.69) is 20.6 Å². The van der Waals surface area contributed by atoms with Gasteiger partial charge in [0.05, 0.1) is 18.0 Å². The van der Waals surface area contributed by atoms with E-state index < -0.39 is 0 Å². The second kappa shape index (κ2) is 9.80. The number of nitrogens with one attached hydrogen (secondary N) is 1. The number of rotatable bonds is 7. The minimum absolute atomic E-state index is 0.101. The zero-order valence-corrected chi connectivity index (χ0v) is 19.5. The van der Waals surface area contributed by atoms with Crippen molar-refractivity contribution in [3.05, 3.63) is 71.9 Å². The Kier molecular flexibility index (Phi) is 6.46. The standard InChI is InChI=1S/C24H23ClN6OS/c25-18-12-10-17(11-13-18)23-28-29-24(30(23)19-6-2-1-3-7-19)33-16-22(32)27-21-14-15-26-31(21)20-8-4-5-9-20/h1-3,6-7,10-15,20H,4-5,8-9,16H2,(H,27,32). The Balaban J connectivity index is 1.35. The maximum atomic E-state index is 12.8. The predicted molar refractivity (Wildman–Crippen MR) is 131 cm³/mol. The van der Waals surface area contributed by atoms with Crippen molar-refractivity contribution in [2.24, 2.45) is 0 Å². The fraction of sp³-hybridized carbons (Fsp3) is 0.250. The molecule has 0 saturated heterocycles. The van der Waals surface area contributed by atoms with Crippen LogP contribution in [0.2, 0.25) is 5.02 Å². The molecule has 0 unspecified atom stereocenters. The van der Waals surface area contributed by atoms with Gasteiger partial charge in [0.2, 0.25) is 5.91 Å². The van der Waals surface area contributed by atoms with E-state index in [-0.39, 0.29) is 11.7 Å². The molecule has 0 spiro atoms. The van der Waals surface area contributed by atoms with Crippen molar-refractivity contribution in [1.29, 1.82) is 0 Å². The molecule has 1 N–H and O–H groups in total. The van der Waals surface area contributed by atoms with Gasteiger partial charge in [-0.3, -0.25) is 9.36 Å². The molecule has 9 heteroatoms. The Bertz CT molecular complexity index is 1230. The maximum Gasteiger partial charge on any atom is 0.235 e. The smallest absolute Gasteiger partial charge is 0.235 e. The van der Waals surface area contributed by atoms with Crippen LogP contribution in [0.1, 0.15) is 31.7 Å². The Labute approximate surface area is 201 Å². The number of amides is 1. The van der Waals surface area contributed by atoms with Crippen LogP contribution in [0.15, 0.2) is 72.0 Å². The zero-order valence-electron chi connectivity index (χ0n) is 17.9. The van der Waals surface area contributed by atoms with Gasteiger partial charge in [-0.15, -0.1) is 10.2 Å². The van der Waals surface area contributed by atoms with E-state index >= 15 is 0 Å². The summed E-state index contributed by atoms with van der Waals surface area (Å²) in [6.07, 6.45) is 6.36. The molecule has 7 nitrogen and oxygen atoms in total. The van der Waals surface area contributed by atoms with E-state index in [1.807, 2.05) is 69.9 Å². The van der Waals surface area contributed by atoms with Gasteiger partial charge in [0.25, 0.3) is 0 Å². The summed E-state index contributed by atoms with van der Waals surface area (Å²) in [5.74, 6) is 1.55. The molecule has 1 amide bonds. The van der Waals surface area contributed by atoms with E-state index in [0.29, 0.717) is 22.0 Å². The van der Waals surface area contributed by atoms with Crippen molar-refractivity contribution in [3.8, 4) is 17.1 Å². The second-order valence-corrected chi connectivity index (χ2v) is 9.30. The minimum Gasteiger partial charge on any atom is -0.310 e. The number of benzene rings is 2. The van der Waals surface area contributed by atoms with E-state index in [1.165, 1.54) is 24.6 Å². The molecule has 2 heterocycles. The number of hydrogen-bond acceptors (Lipinski definition) is 5. The summed E-state index contributed by atoms with van der Waals surface area (Å²) in [6.45, 7) is 0. The molecule has 1 saturated carbocycles. The zero-order chi connectivity index (χ0) is 22.6. The second-order valence-electron chi connectivity index (χ2n) is 7.92. The molecular formula is C24H23ClN6OS. The Morgan fingerprint density at radius 2 is 1.79 bits per heavy atom. The van der Waals surface area contributed by atoms with Gasteiger partial charge in [-0.05, 0) is 49.2 Å². The number of halogens is 1. The van der Waals surface area contributed by atoms with Gasteiger partial charge in [0, 0.05) is 22.3 Å². The molecule has 168 valence electrons. The third-order valence-corrected chi connectivity index (χ3v) is 6.87. The van der Waals surface area contributed by atoms with E-state index in [0.717, 1.165) is 29.9 Å². The molecule has 0 radical (unpaired) electrons. The first-order valence-electron chi connectivity index (χ1n) is 10.9. The maximum absolute atomic E-state index is 12.8. The van der Waals surface area contributed by atoms with Crippen LogP contribution in [0.25, 0.3) is 17.1 Å². The van der Waals surface area contributed by atoms with E-state index in [9.17, 15) is 4.79 Å². The lowest BCUT2D eigenvalue weighted by Crippen LogP contribution is -2.19. The van der Waals surface area contributed by atoms with Gasteiger partial charge in [-0.25, -0.2) is 4.68 Å². The monoisotopic (exact) mass is 478 g/mol. The number of thioether (sulfide) groups is 1. The number of carbonyl (C=O) groups is 1. The lowest BCUT2D eigenvalue weighted by molar-refractivity contribution is -0.113. The summed E-state index contributed by atoms with van der Waals surface area (Å²) in [7, 11) is 0. The molecule has 0 atom stereocenters. The van der Waals surface area contributed by atoms with Gasteiger partial charge >= 0.3 is 0 Å². The highest BCUT2D eigenvalue weighted by atomic mass is 35.5. The summed E-state index contributed by atoms with van der Waals surface area (Å²) in [5.41, 5.74) is 1.82. The van der Waals surface area contributed by atoms with Crippen molar-refractivity contribution in [1.82, 2.24) is 24.5 Å². The summed E-state index contributed by atoms with van der Waals surface area (Å²) in [6, 6.07) is 19.6. The third kappa shape index (κ3) is 4.82. The number of hydrogen-bond donors (Lipinski definition) is 1. The number of para-hydroxylation sites is 1. The van der Waals surface area contributed by atoms with Crippen LogP contribution in [-0.2, 0) is 4.79 Å². The van der Waals surface area contributed by atoms with Gasteiger partial charge < -0.3 is 5.32 Å². The van der Waals surface area contributed by atoms with Crippen molar-refractivity contribution < 1.29 is 4.79 Å². The molecule has 1 aliphatic carbocycles.